The van der Waals surface area contributed by atoms with Crippen LogP contribution in [0.15, 0.2) is 52.2 Å². The molecule has 1 atom stereocenters. The predicted molar refractivity (Wildman–Crippen MR) is 89.0 cm³/mol. The number of aliphatic imine (C=N–C) groups is 1. The van der Waals surface area contributed by atoms with E-state index in [0.717, 1.165) is 23.2 Å². The fourth-order valence-electron chi connectivity index (χ4n) is 2.85. The fourth-order valence-corrected chi connectivity index (χ4v) is 3.52. The van der Waals surface area contributed by atoms with E-state index in [1.807, 2.05) is 30.5 Å². The second kappa shape index (κ2) is 5.84. The molecule has 4 heteroatoms. The first kappa shape index (κ1) is 14.0. The molecule has 0 bridgehead atoms. The minimum Gasteiger partial charge on any atom is -0.399 e. The molecule has 3 N–H and O–H groups in total. The smallest absolute Gasteiger partial charge is 0.108 e. The largest absolute Gasteiger partial charge is 0.399 e. The molecule has 0 saturated carbocycles. The van der Waals surface area contributed by atoms with Crippen molar-refractivity contribution in [2.24, 2.45) is 4.99 Å². The number of benzene rings is 1. The summed E-state index contributed by atoms with van der Waals surface area (Å²) in [4.78, 5) is 4.73. The van der Waals surface area contributed by atoms with E-state index < -0.39 is 0 Å². The lowest BCUT2D eigenvalue weighted by atomic mass is 9.82. The molecule has 0 radical (unpaired) electrons. The van der Waals surface area contributed by atoms with Gasteiger partial charge in [-0.05, 0) is 58.1 Å². The lowest BCUT2D eigenvalue weighted by Crippen LogP contribution is -2.24. The average molecular weight is 298 g/mol. The first-order chi connectivity index (χ1) is 10.2. The number of nitrogens with two attached hydrogens (primary N) is 1. The first-order valence-electron chi connectivity index (χ1n) is 6.97. The van der Waals surface area contributed by atoms with Gasteiger partial charge in [-0.2, -0.15) is 11.3 Å². The number of nitrogens with zero attached hydrogens (tertiary/aromatic N) is 1. The van der Waals surface area contributed by atoms with Gasteiger partial charge in [-0.3, -0.25) is 4.99 Å². The predicted octanol–water partition coefficient (Wildman–Crippen LogP) is 2.94. The maximum atomic E-state index is 9.32. The van der Waals surface area contributed by atoms with E-state index in [1.165, 1.54) is 5.56 Å². The van der Waals surface area contributed by atoms with Gasteiger partial charge in [0.15, 0.2) is 0 Å². The summed E-state index contributed by atoms with van der Waals surface area (Å²) in [7, 11) is 0. The molecule has 3 nitrogen and oxygen atoms in total. The number of aliphatic hydroxyl groups excluding tert-OH is 1. The summed E-state index contributed by atoms with van der Waals surface area (Å²) in [6, 6.07) is 8.03. The summed E-state index contributed by atoms with van der Waals surface area (Å²) < 4.78 is 0. The molecule has 3 rings (SSSR count). The van der Waals surface area contributed by atoms with Gasteiger partial charge in [0, 0.05) is 24.9 Å². The highest BCUT2D eigenvalue weighted by atomic mass is 32.1. The maximum absolute atomic E-state index is 9.32. The molecular weight excluding hydrogens is 280 g/mol. The van der Waals surface area contributed by atoms with Gasteiger partial charge in [-0.25, -0.2) is 0 Å². The summed E-state index contributed by atoms with van der Waals surface area (Å²) in [5.74, 6) is 0. The molecule has 0 spiro atoms. The molecule has 1 aliphatic heterocycles. The highest BCUT2D eigenvalue weighted by Crippen LogP contribution is 2.37. The fraction of sp³-hybridized carbons (Fsp3) is 0.235. The normalized spacial score (nSPS) is 20.2. The Morgan fingerprint density at radius 1 is 1.29 bits per heavy atom. The molecule has 0 fully saturated rings. The van der Waals surface area contributed by atoms with E-state index in [9.17, 15) is 5.11 Å². The summed E-state index contributed by atoms with van der Waals surface area (Å²) in [5.41, 5.74) is 9.71. The third-order valence-electron chi connectivity index (χ3n) is 3.79. The standard InChI is InChI=1S/C17H18N2OS/c18-15-2-3-16(14(10-15)4-8-20)17(6-1-7-19-17)11-13-5-9-21-12-13/h1-3,5-7,9-10,12,20H,4,8,11,18H2. The van der Waals surface area contributed by atoms with Crippen LogP contribution in [0.4, 0.5) is 5.69 Å². The summed E-state index contributed by atoms with van der Waals surface area (Å²) in [6.07, 6.45) is 7.40. The molecule has 1 aromatic heterocycles. The number of nitrogen functional groups attached to an aromatic ring is 1. The minimum absolute atomic E-state index is 0.110. The van der Waals surface area contributed by atoms with Crippen molar-refractivity contribution < 1.29 is 5.11 Å². The Morgan fingerprint density at radius 2 is 2.19 bits per heavy atom. The van der Waals surface area contributed by atoms with Crippen molar-refractivity contribution in [2.45, 2.75) is 18.4 Å². The van der Waals surface area contributed by atoms with Crippen molar-refractivity contribution in [1.82, 2.24) is 0 Å². The Hall–Kier alpha value is -1.91. The SMILES string of the molecule is Nc1ccc(C2(Cc3ccsc3)C=CC=N2)c(CCO)c1. The summed E-state index contributed by atoms with van der Waals surface area (Å²) >= 11 is 1.70. The third-order valence-corrected chi connectivity index (χ3v) is 4.53. The van der Waals surface area contributed by atoms with Gasteiger partial charge >= 0.3 is 0 Å². The van der Waals surface area contributed by atoms with Crippen LogP contribution >= 0.6 is 11.3 Å². The van der Waals surface area contributed by atoms with Gasteiger partial charge in [-0.15, -0.1) is 0 Å². The zero-order chi connectivity index (χ0) is 14.7. The second-order valence-electron chi connectivity index (χ2n) is 5.26. The van der Waals surface area contributed by atoms with Gasteiger partial charge in [-0.1, -0.05) is 12.1 Å². The highest BCUT2D eigenvalue weighted by Gasteiger charge is 2.32. The molecule has 1 unspecified atom stereocenters. The number of thiophene rings is 1. The quantitative estimate of drug-likeness (QED) is 0.834. The maximum Gasteiger partial charge on any atom is 0.108 e. The second-order valence-corrected chi connectivity index (χ2v) is 6.04. The van der Waals surface area contributed by atoms with Crippen molar-refractivity contribution in [3.05, 3.63) is 63.9 Å². The number of hydrogen-bond donors (Lipinski definition) is 2. The Balaban J connectivity index is 2.06. The summed E-state index contributed by atoms with van der Waals surface area (Å²) in [6.45, 7) is 0.110. The number of rotatable bonds is 5. The van der Waals surface area contributed by atoms with E-state index in [1.54, 1.807) is 11.3 Å². The van der Waals surface area contributed by atoms with Crippen LogP contribution in [0.2, 0.25) is 0 Å². The Kier molecular flexibility index (Phi) is 3.90. The molecule has 0 aliphatic carbocycles. The van der Waals surface area contributed by atoms with Crippen LogP contribution in [0.5, 0.6) is 0 Å². The topological polar surface area (TPSA) is 58.6 Å². The Morgan fingerprint density at radius 3 is 2.86 bits per heavy atom. The van der Waals surface area contributed by atoms with E-state index in [4.69, 9.17) is 10.7 Å². The molecular formula is C17H18N2OS. The number of hydrogen-bond acceptors (Lipinski definition) is 4. The molecule has 1 aliphatic rings. The van der Waals surface area contributed by atoms with E-state index >= 15 is 0 Å². The number of aliphatic hydroxyl groups is 1. The minimum atomic E-state index is -0.376. The number of allylic oxidation sites excluding steroid dienone is 1. The van der Waals surface area contributed by atoms with Crippen LogP contribution in [-0.4, -0.2) is 17.9 Å². The van der Waals surface area contributed by atoms with E-state index in [-0.39, 0.29) is 12.1 Å². The van der Waals surface area contributed by atoms with Crippen LogP contribution in [0.25, 0.3) is 0 Å². The van der Waals surface area contributed by atoms with Crippen LogP contribution in [0.3, 0.4) is 0 Å². The van der Waals surface area contributed by atoms with Gasteiger partial charge in [0.2, 0.25) is 0 Å². The van der Waals surface area contributed by atoms with Crippen molar-refractivity contribution in [2.75, 3.05) is 12.3 Å². The lowest BCUT2D eigenvalue weighted by Gasteiger charge is -2.27. The van der Waals surface area contributed by atoms with Crippen LogP contribution in [-0.2, 0) is 18.4 Å². The first-order valence-corrected chi connectivity index (χ1v) is 7.92. The molecule has 0 amide bonds. The van der Waals surface area contributed by atoms with Crippen molar-refractivity contribution in [3.63, 3.8) is 0 Å². The number of anilines is 1. The third kappa shape index (κ3) is 2.77. The van der Waals surface area contributed by atoms with Gasteiger partial charge < -0.3 is 10.8 Å². The molecule has 108 valence electrons. The van der Waals surface area contributed by atoms with Gasteiger partial charge in [0.25, 0.3) is 0 Å². The Bertz CT molecular complexity index is 662. The zero-order valence-electron chi connectivity index (χ0n) is 11.7. The Labute approximate surface area is 128 Å². The molecule has 2 heterocycles. The molecule has 2 aromatic rings. The van der Waals surface area contributed by atoms with Crippen molar-refractivity contribution in [3.8, 4) is 0 Å². The average Bonchev–Trinajstić information content (AvgIpc) is 3.12. The molecule has 0 saturated heterocycles. The van der Waals surface area contributed by atoms with Gasteiger partial charge in [0.05, 0.1) is 0 Å². The monoisotopic (exact) mass is 298 g/mol. The zero-order valence-corrected chi connectivity index (χ0v) is 12.5. The van der Waals surface area contributed by atoms with Crippen LogP contribution in [0.1, 0.15) is 16.7 Å². The molecule has 21 heavy (non-hydrogen) atoms. The molecule has 1 aromatic carbocycles. The highest BCUT2D eigenvalue weighted by molar-refractivity contribution is 7.07. The van der Waals surface area contributed by atoms with Crippen molar-refractivity contribution >= 4 is 23.2 Å². The van der Waals surface area contributed by atoms with Crippen LogP contribution in [0, 0.1) is 0 Å². The van der Waals surface area contributed by atoms with Gasteiger partial charge in [0.1, 0.15) is 5.54 Å². The van der Waals surface area contributed by atoms with E-state index in [2.05, 4.69) is 22.9 Å². The van der Waals surface area contributed by atoms with Crippen molar-refractivity contribution in [1.29, 1.82) is 0 Å². The van der Waals surface area contributed by atoms with E-state index in [0.29, 0.717) is 6.42 Å². The lowest BCUT2D eigenvalue weighted by molar-refractivity contribution is 0.298. The van der Waals surface area contributed by atoms with Crippen LogP contribution < -0.4 is 5.73 Å². The summed E-state index contributed by atoms with van der Waals surface area (Å²) in [5, 5.41) is 13.6.